The van der Waals surface area contributed by atoms with Crippen LogP contribution in [0.4, 0.5) is 5.69 Å². The maximum atomic E-state index is 11.8. The molecule has 0 unspecified atom stereocenters. The molecule has 1 rings (SSSR count). The van der Waals surface area contributed by atoms with Crippen LogP contribution < -0.4 is 4.90 Å². The first-order chi connectivity index (χ1) is 14.1. The Morgan fingerprint density at radius 3 is 2.50 bits per heavy atom. The fraction of sp³-hybridized carbons (Fsp3) is 0.480. The molecule has 30 heavy (non-hydrogen) atoms. The Hall–Kier alpha value is -3.05. The van der Waals surface area contributed by atoms with E-state index in [-0.39, 0.29) is 19.1 Å². The maximum absolute atomic E-state index is 11.8. The number of likely N-dealkylation sites (N-methyl/N-ethyl adjacent to an activating group) is 1. The van der Waals surface area contributed by atoms with Gasteiger partial charge < -0.3 is 9.64 Å². The number of benzene rings is 1. The Morgan fingerprint density at radius 1 is 1.20 bits per heavy atom. The quantitative estimate of drug-likeness (QED) is 0.124. The Balaban J connectivity index is 0.00000841. The van der Waals surface area contributed by atoms with Gasteiger partial charge in [-0.2, -0.15) is 0 Å². The number of rotatable bonds is 13. The highest BCUT2D eigenvalue weighted by Crippen LogP contribution is 2.16. The molecule has 1 aromatic carbocycles. The van der Waals surface area contributed by atoms with Crippen LogP contribution in [0.1, 0.15) is 65.4 Å². The van der Waals surface area contributed by atoms with Crippen LogP contribution in [0, 0.1) is 17.9 Å². The minimum Gasteiger partial charge on any atom is -0.464 e. The van der Waals surface area contributed by atoms with Crippen molar-refractivity contribution in [1.29, 1.82) is 5.26 Å². The number of nitrogens with zero attached hydrogens (tertiary/aromatic N) is 3. The SMILES string of the molecule is C.[C-]#[N+]/C(C#N)=C\C=C\c1ccc(N(CC)CCOC(=O)CCCCCCC)cc1. The molecule has 0 aromatic heterocycles. The number of ether oxygens (including phenoxy) is 1. The summed E-state index contributed by atoms with van der Waals surface area (Å²) in [4.78, 5) is 17.1. The molecule has 1 aromatic rings. The highest BCUT2D eigenvalue weighted by atomic mass is 16.5. The van der Waals surface area contributed by atoms with E-state index in [0.717, 1.165) is 30.6 Å². The molecule has 0 bridgehead atoms. The lowest BCUT2D eigenvalue weighted by Crippen LogP contribution is -2.27. The number of carbonyl (C=O) groups is 1. The predicted octanol–water partition coefficient (Wildman–Crippen LogP) is 6.39. The minimum atomic E-state index is -0.109. The van der Waals surface area contributed by atoms with Crippen molar-refractivity contribution in [1.82, 2.24) is 0 Å². The van der Waals surface area contributed by atoms with Crippen LogP contribution in [0.15, 0.2) is 42.1 Å². The van der Waals surface area contributed by atoms with Gasteiger partial charge in [0.05, 0.1) is 19.2 Å². The Labute approximate surface area is 182 Å². The van der Waals surface area contributed by atoms with Gasteiger partial charge >= 0.3 is 5.97 Å². The van der Waals surface area contributed by atoms with E-state index in [4.69, 9.17) is 16.6 Å². The molecule has 5 nitrogen and oxygen atoms in total. The van der Waals surface area contributed by atoms with Crippen molar-refractivity contribution in [2.75, 3.05) is 24.6 Å². The summed E-state index contributed by atoms with van der Waals surface area (Å²) in [5, 5.41) is 8.72. The van der Waals surface area contributed by atoms with Gasteiger partial charge in [0, 0.05) is 18.7 Å². The first-order valence-corrected chi connectivity index (χ1v) is 10.3. The van der Waals surface area contributed by atoms with Crippen LogP contribution >= 0.6 is 0 Å². The second kappa shape index (κ2) is 16.9. The zero-order valence-electron chi connectivity index (χ0n) is 17.6. The Bertz CT molecular complexity index is 736. The zero-order chi connectivity index (χ0) is 21.3. The molecule has 0 aliphatic carbocycles. The van der Waals surface area contributed by atoms with Gasteiger partial charge in [-0.15, -0.1) is 0 Å². The molecule has 0 radical (unpaired) electrons. The Morgan fingerprint density at radius 2 is 1.90 bits per heavy atom. The van der Waals surface area contributed by atoms with E-state index in [2.05, 4.69) is 23.6 Å². The van der Waals surface area contributed by atoms with E-state index in [1.807, 2.05) is 36.4 Å². The first-order valence-electron chi connectivity index (χ1n) is 10.3. The lowest BCUT2D eigenvalue weighted by atomic mass is 10.1. The lowest BCUT2D eigenvalue weighted by molar-refractivity contribution is -0.143. The molecule has 0 spiro atoms. The highest BCUT2D eigenvalue weighted by Gasteiger charge is 2.07. The largest absolute Gasteiger partial charge is 0.464 e. The van der Waals surface area contributed by atoms with Gasteiger partial charge in [0.15, 0.2) is 0 Å². The van der Waals surface area contributed by atoms with Crippen molar-refractivity contribution < 1.29 is 9.53 Å². The van der Waals surface area contributed by atoms with Crippen LogP contribution in [-0.4, -0.2) is 25.7 Å². The summed E-state index contributed by atoms with van der Waals surface area (Å²) < 4.78 is 5.37. The van der Waals surface area contributed by atoms with Crippen molar-refractivity contribution in [2.45, 2.75) is 59.8 Å². The first kappa shape index (κ1) is 27.0. The van der Waals surface area contributed by atoms with Gasteiger partial charge in [-0.25, -0.2) is 10.1 Å². The molecule has 0 aliphatic heterocycles. The number of hydrogen-bond donors (Lipinski definition) is 0. The summed E-state index contributed by atoms with van der Waals surface area (Å²) in [7, 11) is 0. The molecule has 5 heteroatoms. The molecule has 0 saturated carbocycles. The summed E-state index contributed by atoms with van der Waals surface area (Å²) >= 11 is 0. The number of hydrogen-bond acceptors (Lipinski definition) is 4. The topological polar surface area (TPSA) is 57.7 Å². The molecule has 0 atom stereocenters. The fourth-order valence-electron chi connectivity index (χ4n) is 2.83. The number of allylic oxidation sites excluding steroid dienone is 3. The molecule has 0 fully saturated rings. The Kier molecular flexibility index (Phi) is 15.1. The number of carbonyl (C=O) groups excluding carboxylic acids is 1. The van der Waals surface area contributed by atoms with Gasteiger partial charge in [-0.3, -0.25) is 4.79 Å². The molecule has 162 valence electrons. The monoisotopic (exact) mass is 409 g/mol. The zero-order valence-corrected chi connectivity index (χ0v) is 17.6. The van der Waals surface area contributed by atoms with Gasteiger partial charge in [0.2, 0.25) is 0 Å². The van der Waals surface area contributed by atoms with E-state index < -0.39 is 0 Å². The number of anilines is 1. The van der Waals surface area contributed by atoms with Crippen molar-refractivity contribution in [3.8, 4) is 6.07 Å². The summed E-state index contributed by atoms with van der Waals surface area (Å²) in [6, 6.07) is 9.82. The average Bonchev–Trinajstić information content (AvgIpc) is 2.75. The molecule has 0 amide bonds. The number of nitriles is 1. The maximum Gasteiger partial charge on any atom is 0.305 e. The third-order valence-corrected chi connectivity index (χ3v) is 4.53. The minimum absolute atomic E-state index is 0. The summed E-state index contributed by atoms with van der Waals surface area (Å²) in [5.41, 5.74) is 2.11. The second-order valence-electron chi connectivity index (χ2n) is 6.69. The fourth-order valence-corrected chi connectivity index (χ4v) is 2.83. The molecule has 0 saturated heterocycles. The summed E-state index contributed by atoms with van der Waals surface area (Å²) in [6.45, 7) is 13.0. The third kappa shape index (κ3) is 11.1. The van der Waals surface area contributed by atoms with Gasteiger partial charge in [-0.1, -0.05) is 64.3 Å². The van der Waals surface area contributed by atoms with E-state index in [0.29, 0.717) is 19.6 Å². The van der Waals surface area contributed by atoms with Gasteiger partial charge in [0.25, 0.3) is 5.70 Å². The van der Waals surface area contributed by atoms with Crippen LogP contribution in [0.2, 0.25) is 0 Å². The van der Waals surface area contributed by atoms with E-state index >= 15 is 0 Å². The standard InChI is InChI=1S/C24H31N3O2.CH4/c1-4-6-7-8-9-13-24(28)29-19-18-27(5-2)23-16-14-21(15-17-23)11-10-12-22(20-25)26-3;/h10-12,14-17H,4-9,13,18-19H2,1-2H3;1H4/b11-10+,22-12-;. The van der Waals surface area contributed by atoms with Crippen LogP contribution in [0.3, 0.4) is 0 Å². The smallest absolute Gasteiger partial charge is 0.305 e. The average molecular weight is 410 g/mol. The van der Waals surface area contributed by atoms with Crippen molar-refractivity contribution in [2.24, 2.45) is 0 Å². The van der Waals surface area contributed by atoms with Gasteiger partial charge in [0.1, 0.15) is 6.61 Å². The van der Waals surface area contributed by atoms with Crippen LogP contribution in [0.25, 0.3) is 10.9 Å². The van der Waals surface area contributed by atoms with E-state index in [1.54, 1.807) is 6.08 Å². The van der Waals surface area contributed by atoms with Crippen molar-refractivity contribution in [3.63, 3.8) is 0 Å². The normalized spacial score (nSPS) is 10.7. The molecular formula is C25H35N3O2. The summed E-state index contributed by atoms with van der Waals surface area (Å²) in [6.07, 6.45) is 11.2. The third-order valence-electron chi connectivity index (χ3n) is 4.53. The number of esters is 1. The van der Waals surface area contributed by atoms with Crippen LogP contribution in [-0.2, 0) is 9.53 Å². The molecule has 0 heterocycles. The second-order valence-corrected chi connectivity index (χ2v) is 6.69. The van der Waals surface area contributed by atoms with E-state index in [1.165, 1.54) is 25.3 Å². The lowest BCUT2D eigenvalue weighted by Gasteiger charge is -2.23. The van der Waals surface area contributed by atoms with Gasteiger partial charge in [-0.05, 0) is 37.1 Å². The number of unbranched alkanes of at least 4 members (excludes halogenated alkanes) is 4. The molecular weight excluding hydrogens is 374 g/mol. The van der Waals surface area contributed by atoms with E-state index in [9.17, 15) is 4.79 Å². The molecule has 0 N–H and O–H groups in total. The predicted molar refractivity (Wildman–Crippen MR) is 125 cm³/mol. The molecule has 0 aliphatic rings. The van der Waals surface area contributed by atoms with Crippen molar-refractivity contribution >= 4 is 17.7 Å². The van der Waals surface area contributed by atoms with Crippen molar-refractivity contribution in [3.05, 3.63) is 59.1 Å². The van der Waals surface area contributed by atoms with Crippen LogP contribution in [0.5, 0.6) is 0 Å². The highest BCUT2D eigenvalue weighted by molar-refractivity contribution is 5.69. The summed E-state index contributed by atoms with van der Waals surface area (Å²) in [5.74, 6) is -0.109.